The minimum Gasteiger partial charge on any atom is -0.508 e. The molecule has 0 aliphatic carbocycles. The first-order valence-corrected chi connectivity index (χ1v) is 6.01. The third-order valence-electron chi connectivity index (χ3n) is 1.99. The summed E-state index contributed by atoms with van der Waals surface area (Å²) in [7, 11) is 0.802. The fraction of sp³-hybridized carbons (Fsp3) is 0.455. The molecule has 1 fully saturated rings. The van der Waals surface area contributed by atoms with E-state index < -0.39 is 0 Å². The molecule has 2 nitrogen and oxygen atoms in total. The van der Waals surface area contributed by atoms with Gasteiger partial charge in [0, 0.05) is 6.61 Å². The van der Waals surface area contributed by atoms with Gasteiger partial charge >= 0.3 is 0 Å². The van der Waals surface area contributed by atoms with Crippen molar-refractivity contribution in [3.63, 3.8) is 0 Å². The standard InChI is InChI=1S/C7H8O.C4H8OSi/c1-6-4-2-3-5-7(6)8;1-2-4-6-5-3-1/h2-5,8H,1H3;1-4H2. The van der Waals surface area contributed by atoms with Crippen LogP contribution in [0.15, 0.2) is 24.3 Å². The molecule has 0 unspecified atom stereocenters. The smallest absolute Gasteiger partial charge is 0.229 e. The van der Waals surface area contributed by atoms with Gasteiger partial charge in [-0.15, -0.1) is 0 Å². The Morgan fingerprint density at radius 2 is 2.07 bits per heavy atom. The lowest BCUT2D eigenvalue weighted by atomic mass is 10.2. The van der Waals surface area contributed by atoms with Gasteiger partial charge in [-0.2, -0.15) is 0 Å². The molecule has 0 spiro atoms. The maximum absolute atomic E-state index is 8.92. The first-order chi connectivity index (χ1) is 6.80. The molecule has 0 amide bonds. The van der Waals surface area contributed by atoms with Crippen molar-refractivity contribution in [1.29, 1.82) is 0 Å². The number of aryl methyl sites for hydroxylation is 1. The normalized spacial score (nSPS) is 15.5. The third kappa shape index (κ3) is 4.44. The zero-order chi connectivity index (χ0) is 10.2. The van der Waals surface area contributed by atoms with Crippen molar-refractivity contribution >= 4 is 9.76 Å². The highest BCUT2D eigenvalue weighted by atomic mass is 28.2. The Morgan fingerprint density at radius 3 is 2.36 bits per heavy atom. The number of phenolic OH excluding ortho intramolecular Hbond substituents is 1. The van der Waals surface area contributed by atoms with Gasteiger partial charge in [0.25, 0.3) is 0 Å². The highest BCUT2D eigenvalue weighted by Gasteiger charge is 1.97. The van der Waals surface area contributed by atoms with Crippen LogP contribution in [0, 0.1) is 6.92 Å². The van der Waals surface area contributed by atoms with Crippen LogP contribution in [-0.2, 0) is 4.43 Å². The predicted molar refractivity (Wildman–Crippen MR) is 58.6 cm³/mol. The maximum atomic E-state index is 8.92. The first kappa shape index (κ1) is 11.3. The lowest BCUT2D eigenvalue weighted by Gasteiger charge is -2.06. The van der Waals surface area contributed by atoms with Crippen LogP contribution in [-0.4, -0.2) is 21.5 Å². The summed E-state index contributed by atoms with van der Waals surface area (Å²) in [6, 6.07) is 8.56. The average molecular weight is 208 g/mol. The van der Waals surface area contributed by atoms with E-state index in [2.05, 4.69) is 0 Å². The lowest BCUT2D eigenvalue weighted by molar-refractivity contribution is 0.304. The third-order valence-corrected chi connectivity index (χ3v) is 2.96. The minimum atomic E-state index is 0.368. The predicted octanol–water partition coefficient (Wildman–Crippen LogP) is 2.53. The van der Waals surface area contributed by atoms with Crippen LogP contribution in [0.1, 0.15) is 18.4 Å². The number of aromatic hydroxyl groups is 1. The van der Waals surface area contributed by atoms with E-state index in [1.54, 1.807) is 6.07 Å². The summed E-state index contributed by atoms with van der Waals surface area (Å²) >= 11 is 0. The van der Waals surface area contributed by atoms with Crippen LogP contribution in [0.5, 0.6) is 5.75 Å². The zero-order valence-corrected chi connectivity index (χ0v) is 9.49. The van der Waals surface area contributed by atoms with Crippen molar-refractivity contribution in [2.24, 2.45) is 0 Å². The number of para-hydroxylation sites is 1. The molecule has 0 aromatic heterocycles. The van der Waals surface area contributed by atoms with E-state index in [1.165, 1.54) is 18.9 Å². The highest BCUT2D eigenvalue weighted by molar-refractivity contribution is 6.27. The SMILES string of the molecule is C1CC[Si]OC1.Cc1ccccc1O. The lowest BCUT2D eigenvalue weighted by Crippen LogP contribution is -2.06. The summed E-state index contributed by atoms with van der Waals surface area (Å²) in [4.78, 5) is 0. The van der Waals surface area contributed by atoms with Crippen molar-refractivity contribution in [3.05, 3.63) is 29.8 Å². The zero-order valence-electron chi connectivity index (χ0n) is 8.49. The second kappa shape index (κ2) is 6.62. The van der Waals surface area contributed by atoms with Gasteiger partial charge in [0.05, 0.1) is 0 Å². The van der Waals surface area contributed by atoms with Crippen LogP contribution in [0.2, 0.25) is 6.04 Å². The Hall–Kier alpha value is -0.803. The molecule has 0 bridgehead atoms. The summed E-state index contributed by atoms with van der Waals surface area (Å²) in [5, 5.41) is 8.92. The summed E-state index contributed by atoms with van der Waals surface area (Å²) < 4.78 is 5.10. The first-order valence-electron chi connectivity index (χ1n) is 4.90. The Bertz CT molecular complexity index is 227. The molecular formula is C11H16O2Si. The fourth-order valence-electron chi connectivity index (χ4n) is 1.08. The molecule has 1 aromatic rings. The van der Waals surface area contributed by atoms with Crippen molar-refractivity contribution in [3.8, 4) is 5.75 Å². The van der Waals surface area contributed by atoms with Gasteiger partial charge in [-0.25, -0.2) is 0 Å². The Labute approximate surface area is 87.9 Å². The van der Waals surface area contributed by atoms with Crippen molar-refractivity contribution in [2.45, 2.75) is 25.8 Å². The molecule has 76 valence electrons. The summed E-state index contributed by atoms with van der Waals surface area (Å²) in [6.07, 6.45) is 2.67. The van der Waals surface area contributed by atoms with Gasteiger partial charge in [0.15, 0.2) is 0 Å². The second-order valence-corrected chi connectivity index (χ2v) is 4.31. The largest absolute Gasteiger partial charge is 0.508 e. The van der Waals surface area contributed by atoms with E-state index in [4.69, 9.17) is 9.53 Å². The quantitative estimate of drug-likeness (QED) is 0.664. The maximum Gasteiger partial charge on any atom is 0.229 e. The van der Waals surface area contributed by atoms with E-state index in [0.717, 1.165) is 21.9 Å². The van der Waals surface area contributed by atoms with E-state index in [1.807, 2.05) is 25.1 Å². The van der Waals surface area contributed by atoms with Crippen LogP contribution in [0.4, 0.5) is 0 Å². The Morgan fingerprint density at radius 1 is 1.29 bits per heavy atom. The van der Waals surface area contributed by atoms with Gasteiger partial charge < -0.3 is 9.53 Å². The molecule has 1 heterocycles. The fourth-order valence-corrected chi connectivity index (χ4v) is 1.91. The van der Waals surface area contributed by atoms with E-state index >= 15 is 0 Å². The van der Waals surface area contributed by atoms with Crippen LogP contribution in [0.25, 0.3) is 0 Å². The molecule has 1 aliphatic heterocycles. The van der Waals surface area contributed by atoms with Crippen molar-refractivity contribution in [1.82, 2.24) is 0 Å². The molecule has 3 heteroatoms. The van der Waals surface area contributed by atoms with Gasteiger partial charge in [-0.3, -0.25) is 0 Å². The minimum absolute atomic E-state index is 0.368. The Kier molecular flexibility index (Phi) is 5.33. The van der Waals surface area contributed by atoms with Gasteiger partial charge in [0.1, 0.15) is 5.75 Å². The molecular weight excluding hydrogens is 192 g/mol. The van der Waals surface area contributed by atoms with E-state index in [0.29, 0.717) is 5.75 Å². The second-order valence-electron chi connectivity index (χ2n) is 3.24. The number of hydrogen-bond donors (Lipinski definition) is 1. The number of phenols is 1. The molecule has 14 heavy (non-hydrogen) atoms. The van der Waals surface area contributed by atoms with Crippen LogP contribution < -0.4 is 0 Å². The number of benzene rings is 1. The molecule has 0 saturated carbocycles. The molecule has 0 atom stereocenters. The molecule has 1 saturated heterocycles. The Balaban J connectivity index is 0.000000146. The van der Waals surface area contributed by atoms with Crippen LogP contribution >= 0.6 is 0 Å². The van der Waals surface area contributed by atoms with Gasteiger partial charge in [0.2, 0.25) is 9.76 Å². The van der Waals surface area contributed by atoms with E-state index in [9.17, 15) is 0 Å². The topological polar surface area (TPSA) is 29.5 Å². The molecule has 1 aliphatic rings. The monoisotopic (exact) mass is 208 g/mol. The van der Waals surface area contributed by atoms with Gasteiger partial charge in [-0.05, 0) is 31.0 Å². The molecule has 2 radical (unpaired) electrons. The number of hydrogen-bond acceptors (Lipinski definition) is 2. The summed E-state index contributed by atoms with van der Waals surface area (Å²) in [6.45, 7) is 2.88. The van der Waals surface area contributed by atoms with Gasteiger partial charge in [-0.1, -0.05) is 24.6 Å². The van der Waals surface area contributed by atoms with Crippen molar-refractivity contribution < 1.29 is 9.53 Å². The summed E-state index contributed by atoms with van der Waals surface area (Å²) in [5.41, 5.74) is 0.924. The van der Waals surface area contributed by atoms with Crippen molar-refractivity contribution in [2.75, 3.05) is 6.61 Å². The average Bonchev–Trinajstić information content (AvgIpc) is 2.26. The molecule has 2 rings (SSSR count). The molecule has 1 aromatic carbocycles. The van der Waals surface area contributed by atoms with Crippen LogP contribution in [0.3, 0.4) is 0 Å². The number of rotatable bonds is 0. The summed E-state index contributed by atoms with van der Waals surface area (Å²) in [5.74, 6) is 0.368. The highest BCUT2D eigenvalue weighted by Crippen LogP contribution is 2.12. The molecule has 1 N–H and O–H groups in total. The van der Waals surface area contributed by atoms with E-state index in [-0.39, 0.29) is 0 Å².